The van der Waals surface area contributed by atoms with Gasteiger partial charge in [0.2, 0.25) is 0 Å². The fourth-order valence-corrected chi connectivity index (χ4v) is 1.60. The highest BCUT2D eigenvalue weighted by Crippen LogP contribution is 2.13. The van der Waals surface area contributed by atoms with Gasteiger partial charge >= 0.3 is 0 Å². The third-order valence-corrected chi connectivity index (χ3v) is 2.73. The molecular formula is C10H19NO5S. The van der Waals surface area contributed by atoms with Gasteiger partial charge < -0.3 is 30.1 Å². The lowest BCUT2D eigenvalue weighted by Crippen LogP contribution is -2.58. The third-order valence-electron chi connectivity index (χ3n) is 2.49. The molecule has 0 aromatic heterocycles. The summed E-state index contributed by atoms with van der Waals surface area (Å²) in [5.41, 5.74) is 0. The van der Waals surface area contributed by atoms with Gasteiger partial charge in [0.05, 0.1) is 13.2 Å². The molecule has 7 heteroatoms. The van der Waals surface area contributed by atoms with Crippen LogP contribution in [0, 0.1) is 0 Å². The highest BCUT2D eigenvalue weighted by molar-refractivity contribution is 7.80. The molecule has 1 aliphatic heterocycles. The Bertz CT molecular complexity index is 253. The molecule has 0 bridgehead atoms. The Labute approximate surface area is 106 Å². The standard InChI is InChI=1S/C10H19NO5S/c1-2-3-4-15-10(17)11-9-8(14)7(13)6(12)5-16-9/h6-9,12-14H,2-5H2,1H3,(H,11,17). The Kier molecular flexibility index (Phi) is 6.07. The molecule has 0 aromatic carbocycles. The van der Waals surface area contributed by atoms with Gasteiger partial charge in [-0.05, 0) is 18.6 Å². The summed E-state index contributed by atoms with van der Waals surface area (Å²) in [6, 6.07) is 0. The highest BCUT2D eigenvalue weighted by atomic mass is 32.1. The number of hydrogen-bond donors (Lipinski definition) is 4. The van der Waals surface area contributed by atoms with Crippen LogP contribution in [0.1, 0.15) is 19.8 Å². The summed E-state index contributed by atoms with van der Waals surface area (Å²) in [4.78, 5) is 0. The molecule has 1 rings (SSSR count). The SMILES string of the molecule is CCCCOC(=S)NC1OCC(O)C(O)C1O. The van der Waals surface area contributed by atoms with E-state index in [-0.39, 0.29) is 11.8 Å². The summed E-state index contributed by atoms with van der Waals surface area (Å²) in [5, 5.41) is 31.1. The van der Waals surface area contributed by atoms with E-state index in [9.17, 15) is 15.3 Å². The molecule has 1 fully saturated rings. The van der Waals surface area contributed by atoms with Crippen LogP contribution in [-0.2, 0) is 9.47 Å². The summed E-state index contributed by atoms with van der Waals surface area (Å²) < 4.78 is 10.3. The molecule has 0 aliphatic carbocycles. The number of nitrogens with one attached hydrogen (secondary N) is 1. The number of thiocarbonyl (C=S) groups is 1. The second kappa shape index (κ2) is 7.07. The number of aliphatic hydroxyl groups is 3. The molecule has 1 aliphatic rings. The monoisotopic (exact) mass is 265 g/mol. The van der Waals surface area contributed by atoms with E-state index < -0.39 is 24.5 Å². The number of unbranched alkanes of at least 4 members (excludes halogenated alkanes) is 1. The number of hydrogen-bond acceptors (Lipinski definition) is 6. The zero-order valence-electron chi connectivity index (χ0n) is 9.70. The minimum absolute atomic E-state index is 0.0620. The molecule has 0 aromatic rings. The van der Waals surface area contributed by atoms with E-state index in [1.807, 2.05) is 6.92 Å². The van der Waals surface area contributed by atoms with Gasteiger partial charge in [-0.2, -0.15) is 0 Å². The molecule has 0 amide bonds. The minimum atomic E-state index is -1.25. The van der Waals surface area contributed by atoms with Crippen molar-refractivity contribution in [2.45, 2.75) is 44.3 Å². The predicted molar refractivity (Wildman–Crippen MR) is 64.4 cm³/mol. The Morgan fingerprint density at radius 3 is 2.76 bits per heavy atom. The van der Waals surface area contributed by atoms with Gasteiger partial charge in [0.1, 0.15) is 18.3 Å². The molecule has 1 saturated heterocycles. The Balaban J connectivity index is 2.33. The fraction of sp³-hybridized carbons (Fsp3) is 0.900. The van der Waals surface area contributed by atoms with Crippen LogP contribution < -0.4 is 5.32 Å². The van der Waals surface area contributed by atoms with Crippen molar-refractivity contribution in [3.63, 3.8) is 0 Å². The molecule has 6 nitrogen and oxygen atoms in total. The van der Waals surface area contributed by atoms with E-state index in [0.29, 0.717) is 6.61 Å². The van der Waals surface area contributed by atoms with Crippen LogP contribution >= 0.6 is 12.2 Å². The average Bonchev–Trinajstić information content (AvgIpc) is 2.30. The van der Waals surface area contributed by atoms with Crippen LogP contribution in [0.3, 0.4) is 0 Å². The Morgan fingerprint density at radius 2 is 2.12 bits per heavy atom. The molecular weight excluding hydrogens is 246 g/mol. The van der Waals surface area contributed by atoms with Crippen molar-refractivity contribution in [1.82, 2.24) is 5.32 Å². The Morgan fingerprint density at radius 1 is 1.41 bits per heavy atom. The zero-order chi connectivity index (χ0) is 12.8. The van der Waals surface area contributed by atoms with E-state index in [2.05, 4.69) is 5.32 Å². The molecule has 100 valence electrons. The summed E-state index contributed by atoms with van der Waals surface area (Å²) in [6.45, 7) is 2.47. The number of rotatable bonds is 4. The molecule has 1 heterocycles. The van der Waals surface area contributed by atoms with Crippen molar-refractivity contribution in [3.8, 4) is 0 Å². The van der Waals surface area contributed by atoms with Gasteiger partial charge in [-0.15, -0.1) is 0 Å². The first-order chi connectivity index (χ1) is 8.06. The van der Waals surface area contributed by atoms with Gasteiger partial charge in [0.15, 0.2) is 6.23 Å². The zero-order valence-corrected chi connectivity index (χ0v) is 10.5. The molecule has 0 radical (unpaired) electrons. The van der Waals surface area contributed by atoms with Crippen molar-refractivity contribution in [2.24, 2.45) is 0 Å². The largest absolute Gasteiger partial charge is 0.471 e. The van der Waals surface area contributed by atoms with E-state index in [0.717, 1.165) is 12.8 Å². The first-order valence-electron chi connectivity index (χ1n) is 5.65. The summed E-state index contributed by atoms with van der Waals surface area (Å²) >= 11 is 4.90. The lowest BCUT2D eigenvalue weighted by Gasteiger charge is -2.35. The summed E-state index contributed by atoms with van der Waals surface area (Å²) in [5.74, 6) is 0. The normalized spacial score (nSPS) is 33.2. The van der Waals surface area contributed by atoms with E-state index in [4.69, 9.17) is 21.7 Å². The van der Waals surface area contributed by atoms with Crippen molar-refractivity contribution in [2.75, 3.05) is 13.2 Å². The maximum Gasteiger partial charge on any atom is 0.258 e. The first kappa shape index (κ1) is 14.6. The van der Waals surface area contributed by atoms with Gasteiger partial charge in [-0.3, -0.25) is 0 Å². The van der Waals surface area contributed by atoms with Crippen molar-refractivity contribution in [1.29, 1.82) is 0 Å². The van der Waals surface area contributed by atoms with Gasteiger partial charge in [-0.1, -0.05) is 13.3 Å². The lowest BCUT2D eigenvalue weighted by atomic mass is 10.0. The van der Waals surface area contributed by atoms with Crippen LogP contribution in [0.15, 0.2) is 0 Å². The van der Waals surface area contributed by atoms with E-state index >= 15 is 0 Å². The molecule has 0 spiro atoms. The number of ether oxygens (including phenoxy) is 2. The van der Waals surface area contributed by atoms with Gasteiger partial charge in [-0.25, -0.2) is 0 Å². The van der Waals surface area contributed by atoms with Crippen LogP contribution in [-0.4, -0.2) is 58.2 Å². The molecule has 4 N–H and O–H groups in total. The van der Waals surface area contributed by atoms with Crippen molar-refractivity contribution < 1.29 is 24.8 Å². The first-order valence-corrected chi connectivity index (χ1v) is 6.06. The minimum Gasteiger partial charge on any atom is -0.471 e. The molecule has 17 heavy (non-hydrogen) atoms. The third kappa shape index (κ3) is 4.36. The maximum absolute atomic E-state index is 9.62. The van der Waals surface area contributed by atoms with Crippen molar-refractivity contribution >= 4 is 17.4 Å². The number of aliphatic hydroxyl groups excluding tert-OH is 3. The molecule has 4 atom stereocenters. The highest BCUT2D eigenvalue weighted by Gasteiger charge is 2.37. The van der Waals surface area contributed by atoms with Crippen molar-refractivity contribution in [3.05, 3.63) is 0 Å². The topological polar surface area (TPSA) is 91.2 Å². The lowest BCUT2D eigenvalue weighted by molar-refractivity contribution is -0.191. The van der Waals surface area contributed by atoms with E-state index in [1.54, 1.807) is 0 Å². The summed E-state index contributed by atoms with van der Waals surface area (Å²) in [7, 11) is 0. The van der Waals surface area contributed by atoms with Crippen LogP contribution in [0.4, 0.5) is 0 Å². The second-order valence-corrected chi connectivity index (χ2v) is 4.31. The quantitative estimate of drug-likeness (QED) is 0.387. The second-order valence-electron chi connectivity index (χ2n) is 3.94. The van der Waals surface area contributed by atoms with E-state index in [1.165, 1.54) is 0 Å². The van der Waals surface area contributed by atoms with Crippen LogP contribution in [0.2, 0.25) is 0 Å². The summed E-state index contributed by atoms with van der Waals surface area (Å²) in [6.07, 6.45) is -2.56. The molecule has 0 saturated carbocycles. The predicted octanol–water partition coefficient (Wildman–Crippen LogP) is -0.883. The Hall–Kier alpha value is -0.470. The van der Waals surface area contributed by atoms with Crippen LogP contribution in [0.25, 0.3) is 0 Å². The van der Waals surface area contributed by atoms with Crippen LogP contribution in [0.5, 0.6) is 0 Å². The smallest absolute Gasteiger partial charge is 0.258 e. The maximum atomic E-state index is 9.62. The average molecular weight is 265 g/mol. The van der Waals surface area contributed by atoms with Gasteiger partial charge in [0.25, 0.3) is 5.17 Å². The molecule has 4 unspecified atom stereocenters. The van der Waals surface area contributed by atoms with Gasteiger partial charge in [0, 0.05) is 0 Å². The fourth-order valence-electron chi connectivity index (χ4n) is 1.40.